The largest absolute Gasteiger partial charge is 0.325 e. The van der Waals surface area contributed by atoms with Crippen molar-refractivity contribution in [2.75, 3.05) is 22.2 Å². The van der Waals surface area contributed by atoms with Gasteiger partial charge in [-0.3, -0.25) is 15.4 Å². The van der Waals surface area contributed by atoms with Crippen LogP contribution in [0.15, 0.2) is 47.4 Å². The van der Waals surface area contributed by atoms with E-state index in [0.717, 1.165) is 23.2 Å². The number of hydrogen-bond acceptors (Lipinski definition) is 8. The number of nitrogens with zero attached hydrogens (tertiary/aromatic N) is 2. The normalized spacial score (nSPS) is 11.4. The van der Waals surface area contributed by atoms with Crippen LogP contribution < -0.4 is 16.0 Å². The molecule has 3 N–H and O–H groups in total. The second kappa shape index (κ2) is 8.89. The van der Waals surface area contributed by atoms with Crippen molar-refractivity contribution in [3.8, 4) is 0 Å². The van der Waals surface area contributed by atoms with Gasteiger partial charge in [-0.1, -0.05) is 40.4 Å². The predicted octanol–water partition coefficient (Wildman–Crippen LogP) is 4.67. The summed E-state index contributed by atoms with van der Waals surface area (Å²) < 4.78 is 24.1. The third-order valence-electron chi connectivity index (χ3n) is 4.54. The lowest BCUT2D eigenvalue weighted by molar-refractivity contribution is 0.102. The number of nitrogens with one attached hydrogen (secondary N) is 3. The first-order chi connectivity index (χ1) is 15.6. The van der Waals surface area contributed by atoms with Gasteiger partial charge in [0.1, 0.15) is 4.88 Å². The van der Waals surface area contributed by atoms with Crippen molar-refractivity contribution in [3.05, 3.63) is 58.6 Å². The van der Waals surface area contributed by atoms with Crippen molar-refractivity contribution in [3.63, 3.8) is 0 Å². The van der Waals surface area contributed by atoms with E-state index in [2.05, 4.69) is 25.9 Å². The van der Waals surface area contributed by atoms with E-state index in [4.69, 9.17) is 0 Å². The summed E-state index contributed by atoms with van der Waals surface area (Å²) in [5, 5.41) is 8.68. The molecule has 0 radical (unpaired) electrons. The van der Waals surface area contributed by atoms with Crippen LogP contribution in [0.3, 0.4) is 0 Å². The molecule has 0 fully saturated rings. The molecule has 4 aromatic rings. The number of thiazole rings is 2. The van der Waals surface area contributed by atoms with Crippen LogP contribution in [-0.4, -0.2) is 36.6 Å². The van der Waals surface area contributed by atoms with Crippen LogP contribution in [0.5, 0.6) is 0 Å². The van der Waals surface area contributed by atoms with Crippen LogP contribution in [0.1, 0.15) is 20.9 Å². The number of carbonyl (C=O) groups excluding carboxylic acids is 2. The molecule has 9 nitrogen and oxygen atoms in total. The van der Waals surface area contributed by atoms with Gasteiger partial charge in [-0.05, 0) is 44.2 Å². The Morgan fingerprint density at radius 2 is 1.58 bits per heavy atom. The fourth-order valence-corrected chi connectivity index (χ4v) is 5.38. The molecule has 3 amide bonds. The summed E-state index contributed by atoms with van der Waals surface area (Å²) >= 11 is 2.22. The summed E-state index contributed by atoms with van der Waals surface area (Å²) in [6.45, 7) is 3.63. The van der Waals surface area contributed by atoms with E-state index in [0.29, 0.717) is 31.6 Å². The maximum atomic E-state index is 12.8. The van der Waals surface area contributed by atoms with Gasteiger partial charge in [-0.2, -0.15) is 0 Å². The fourth-order valence-electron chi connectivity index (χ4n) is 2.90. The molecule has 0 aliphatic heterocycles. The number of hydrogen-bond donors (Lipinski definition) is 3. The summed E-state index contributed by atoms with van der Waals surface area (Å²) in [5.41, 5.74) is 2.76. The van der Waals surface area contributed by atoms with Gasteiger partial charge < -0.3 is 5.32 Å². The van der Waals surface area contributed by atoms with Gasteiger partial charge in [0.05, 0.1) is 20.8 Å². The smallest absolute Gasteiger partial charge is 0.308 e. The standard InChI is InChI=1S/C21H19N5O4S3/c1-11-4-6-13(7-5-11)23-19(28)26-20-22-12(2)17(32-20)18(27)25-21-24-15-9-8-14(33(3,29)30)10-16(15)31-21/h4-10H,1-3H3,(H,24,25,27)(H2,22,23,26,28). The van der Waals surface area contributed by atoms with E-state index in [1.165, 1.54) is 23.5 Å². The summed E-state index contributed by atoms with van der Waals surface area (Å²) in [6.07, 6.45) is 1.14. The maximum Gasteiger partial charge on any atom is 0.325 e. The van der Waals surface area contributed by atoms with E-state index in [9.17, 15) is 18.0 Å². The first kappa shape index (κ1) is 22.8. The van der Waals surface area contributed by atoms with Crippen molar-refractivity contribution in [1.82, 2.24) is 9.97 Å². The molecule has 0 spiro atoms. The summed E-state index contributed by atoms with van der Waals surface area (Å²) in [7, 11) is -3.34. The van der Waals surface area contributed by atoms with Crippen LogP contribution in [-0.2, 0) is 9.84 Å². The van der Waals surface area contributed by atoms with E-state index < -0.39 is 21.8 Å². The lowest BCUT2D eigenvalue weighted by Crippen LogP contribution is -2.19. The molecular weight excluding hydrogens is 482 g/mol. The highest BCUT2D eigenvalue weighted by molar-refractivity contribution is 7.90. The Morgan fingerprint density at radius 3 is 2.27 bits per heavy atom. The van der Waals surface area contributed by atoms with Crippen molar-refractivity contribution in [2.45, 2.75) is 18.7 Å². The van der Waals surface area contributed by atoms with Gasteiger partial charge in [-0.25, -0.2) is 23.2 Å². The number of aryl methyl sites for hydroxylation is 2. The Balaban J connectivity index is 1.45. The Bertz CT molecular complexity index is 1470. The monoisotopic (exact) mass is 501 g/mol. The Hall–Kier alpha value is -3.35. The first-order valence-electron chi connectivity index (χ1n) is 9.62. The third kappa shape index (κ3) is 5.35. The molecule has 0 saturated carbocycles. The second-order valence-electron chi connectivity index (χ2n) is 7.25. The number of aromatic nitrogens is 2. The number of urea groups is 1. The van der Waals surface area contributed by atoms with Crippen molar-refractivity contribution in [1.29, 1.82) is 0 Å². The van der Waals surface area contributed by atoms with Gasteiger partial charge in [0, 0.05) is 11.9 Å². The molecule has 0 saturated heterocycles. The number of sulfone groups is 1. The maximum absolute atomic E-state index is 12.8. The van der Waals surface area contributed by atoms with E-state index in [1.807, 2.05) is 19.1 Å². The fraction of sp³-hybridized carbons (Fsp3) is 0.143. The van der Waals surface area contributed by atoms with Gasteiger partial charge in [0.2, 0.25) is 0 Å². The summed E-state index contributed by atoms with van der Waals surface area (Å²) in [4.78, 5) is 34.1. The molecule has 4 rings (SSSR count). The van der Waals surface area contributed by atoms with Gasteiger partial charge in [0.25, 0.3) is 5.91 Å². The molecule has 2 heterocycles. The molecule has 0 atom stereocenters. The molecule has 2 aromatic carbocycles. The predicted molar refractivity (Wildman–Crippen MR) is 131 cm³/mol. The lowest BCUT2D eigenvalue weighted by Gasteiger charge is -2.05. The number of carbonyl (C=O) groups is 2. The molecule has 0 aliphatic rings. The zero-order valence-corrected chi connectivity index (χ0v) is 20.2. The number of benzene rings is 2. The van der Waals surface area contributed by atoms with Crippen LogP contribution in [0.2, 0.25) is 0 Å². The highest BCUT2D eigenvalue weighted by Gasteiger charge is 2.19. The number of rotatable bonds is 5. The first-order valence-corrected chi connectivity index (χ1v) is 13.1. The second-order valence-corrected chi connectivity index (χ2v) is 11.3. The summed E-state index contributed by atoms with van der Waals surface area (Å²) in [6, 6.07) is 11.5. The Labute approximate surface area is 197 Å². The molecule has 0 aliphatic carbocycles. The summed E-state index contributed by atoms with van der Waals surface area (Å²) in [5.74, 6) is -0.417. The molecular formula is C21H19N5O4S3. The molecule has 33 heavy (non-hydrogen) atoms. The number of fused-ring (bicyclic) bond motifs is 1. The van der Waals surface area contributed by atoms with Crippen LogP contribution in [0.25, 0.3) is 10.2 Å². The van der Waals surface area contributed by atoms with Gasteiger partial charge in [-0.15, -0.1) is 0 Å². The van der Waals surface area contributed by atoms with Crippen LogP contribution in [0, 0.1) is 13.8 Å². The van der Waals surface area contributed by atoms with Crippen molar-refractivity contribution >= 4 is 70.6 Å². The third-order valence-corrected chi connectivity index (χ3v) is 7.66. The Morgan fingerprint density at radius 1 is 0.879 bits per heavy atom. The zero-order chi connectivity index (χ0) is 23.8. The number of anilines is 3. The molecule has 0 bridgehead atoms. The minimum atomic E-state index is -3.34. The average Bonchev–Trinajstić information content (AvgIpc) is 3.30. The SMILES string of the molecule is Cc1ccc(NC(=O)Nc2nc(C)c(C(=O)Nc3nc4ccc(S(C)(=O)=O)cc4s3)s2)cc1. The van der Waals surface area contributed by atoms with E-state index in [1.54, 1.807) is 25.1 Å². The number of amides is 3. The van der Waals surface area contributed by atoms with Crippen molar-refractivity contribution < 1.29 is 18.0 Å². The highest BCUT2D eigenvalue weighted by atomic mass is 32.2. The molecule has 2 aromatic heterocycles. The Kier molecular flexibility index (Phi) is 6.15. The molecule has 12 heteroatoms. The topological polar surface area (TPSA) is 130 Å². The van der Waals surface area contributed by atoms with E-state index >= 15 is 0 Å². The van der Waals surface area contributed by atoms with Crippen LogP contribution >= 0.6 is 22.7 Å². The minimum Gasteiger partial charge on any atom is -0.308 e. The average molecular weight is 502 g/mol. The zero-order valence-electron chi connectivity index (χ0n) is 17.8. The van der Waals surface area contributed by atoms with E-state index in [-0.39, 0.29) is 10.0 Å². The van der Waals surface area contributed by atoms with Crippen molar-refractivity contribution in [2.24, 2.45) is 0 Å². The quantitative estimate of drug-likeness (QED) is 0.364. The van der Waals surface area contributed by atoms with Gasteiger partial charge >= 0.3 is 6.03 Å². The lowest BCUT2D eigenvalue weighted by atomic mass is 10.2. The molecule has 0 unspecified atom stereocenters. The highest BCUT2D eigenvalue weighted by Crippen LogP contribution is 2.30. The molecule has 170 valence electrons. The van der Waals surface area contributed by atoms with Gasteiger partial charge in [0.15, 0.2) is 20.1 Å². The minimum absolute atomic E-state index is 0.189. The van der Waals surface area contributed by atoms with Crippen LogP contribution in [0.4, 0.5) is 20.7 Å².